The summed E-state index contributed by atoms with van der Waals surface area (Å²) in [7, 11) is -3.86. The van der Waals surface area contributed by atoms with E-state index in [-0.39, 0.29) is 29.9 Å². The van der Waals surface area contributed by atoms with Crippen molar-refractivity contribution in [1.82, 2.24) is 5.32 Å². The topological polar surface area (TPSA) is 133 Å². The number of rotatable bonds is 2. The lowest BCUT2D eigenvalue weighted by atomic mass is 9.78. The molecule has 1 spiro atoms. The molecule has 1 aromatic rings. The van der Waals surface area contributed by atoms with Crippen LogP contribution in [0.15, 0.2) is 18.2 Å². The lowest BCUT2D eigenvalue weighted by Crippen LogP contribution is -2.71. The lowest BCUT2D eigenvalue weighted by Gasteiger charge is -2.52. The number of benzene rings is 1. The number of nitrogens with zero attached hydrogens (tertiary/aromatic N) is 1. The van der Waals surface area contributed by atoms with E-state index < -0.39 is 42.7 Å². The van der Waals surface area contributed by atoms with Crippen molar-refractivity contribution in [3.05, 3.63) is 39.7 Å². The summed E-state index contributed by atoms with van der Waals surface area (Å²) in [6.07, 6.45) is -0.940. The fourth-order valence-corrected chi connectivity index (χ4v) is 5.97. The molecule has 0 unspecified atom stereocenters. The summed E-state index contributed by atoms with van der Waals surface area (Å²) in [6, 6.07) is 2.89. The average molecular weight is 357 g/mol. The Hall–Kier alpha value is -2.07. The third kappa shape index (κ3) is 2.20. The molecule has 1 heterocycles. The monoisotopic (exact) mass is 357 g/mol. The maximum atomic E-state index is 14.2. The van der Waals surface area contributed by atoms with Crippen molar-refractivity contribution in [3.8, 4) is 0 Å². The van der Waals surface area contributed by atoms with E-state index in [1.807, 2.05) is 0 Å². The van der Waals surface area contributed by atoms with Gasteiger partial charge in [-0.2, -0.15) is 0 Å². The zero-order chi connectivity index (χ0) is 17.9. The fourth-order valence-electron chi connectivity index (χ4n) is 3.45. The second-order valence-electron chi connectivity index (χ2n) is 6.57. The summed E-state index contributed by atoms with van der Waals surface area (Å²) < 4.78 is 38.2. The predicted octanol–water partition coefficient (Wildman–Crippen LogP) is 0.838. The van der Waals surface area contributed by atoms with Crippen LogP contribution in [0.2, 0.25) is 0 Å². The Balaban J connectivity index is 2.06. The van der Waals surface area contributed by atoms with Gasteiger partial charge in [-0.3, -0.25) is 15.5 Å². The van der Waals surface area contributed by atoms with E-state index in [4.69, 9.17) is 5.41 Å². The van der Waals surface area contributed by atoms with Gasteiger partial charge in [0.15, 0.2) is 9.84 Å². The van der Waals surface area contributed by atoms with E-state index in [1.165, 1.54) is 6.92 Å². The summed E-state index contributed by atoms with van der Waals surface area (Å²) in [5.41, 5.74) is -2.05. The number of nitro groups is 1. The SMILES string of the molecule is C[C@@]1(c2cc([N+](=O)[O-])ccc2F)CS(=O)(=O)C2(CC(O)C2)C(=N)N1. The van der Waals surface area contributed by atoms with Gasteiger partial charge in [-0.15, -0.1) is 0 Å². The van der Waals surface area contributed by atoms with Crippen LogP contribution in [0, 0.1) is 21.3 Å². The highest BCUT2D eigenvalue weighted by Gasteiger charge is 2.62. The molecule has 130 valence electrons. The molecule has 1 saturated heterocycles. The van der Waals surface area contributed by atoms with E-state index in [2.05, 4.69) is 5.32 Å². The van der Waals surface area contributed by atoms with Crippen molar-refractivity contribution in [2.24, 2.45) is 0 Å². The molecule has 1 aliphatic heterocycles. The average Bonchev–Trinajstić information content (AvgIpc) is 2.41. The number of hydrogen-bond donors (Lipinski definition) is 3. The van der Waals surface area contributed by atoms with Crippen LogP contribution in [0.3, 0.4) is 0 Å². The number of amidine groups is 1. The van der Waals surface area contributed by atoms with Gasteiger partial charge in [0.25, 0.3) is 5.69 Å². The normalized spacial score (nSPS) is 34.5. The Labute approximate surface area is 137 Å². The van der Waals surface area contributed by atoms with Crippen LogP contribution in [0.25, 0.3) is 0 Å². The smallest absolute Gasteiger partial charge is 0.269 e. The van der Waals surface area contributed by atoms with E-state index in [0.717, 1.165) is 18.2 Å². The minimum Gasteiger partial charge on any atom is -0.393 e. The Morgan fingerprint density at radius 3 is 2.58 bits per heavy atom. The van der Waals surface area contributed by atoms with Crippen molar-refractivity contribution in [2.75, 3.05) is 5.75 Å². The fraction of sp³-hybridized carbons (Fsp3) is 0.500. The van der Waals surface area contributed by atoms with E-state index in [9.17, 15) is 28.0 Å². The first-order chi connectivity index (χ1) is 11.0. The molecule has 8 nitrogen and oxygen atoms in total. The second kappa shape index (κ2) is 4.96. The maximum absolute atomic E-state index is 14.2. The van der Waals surface area contributed by atoms with E-state index in [1.54, 1.807) is 0 Å². The van der Waals surface area contributed by atoms with E-state index >= 15 is 0 Å². The molecule has 0 amide bonds. The second-order valence-corrected chi connectivity index (χ2v) is 8.87. The number of non-ortho nitro benzene ring substituents is 1. The molecule has 1 atom stereocenters. The van der Waals surface area contributed by atoms with E-state index in [0.29, 0.717) is 0 Å². The van der Waals surface area contributed by atoms with Gasteiger partial charge in [0.05, 0.1) is 22.3 Å². The molecule has 1 saturated carbocycles. The van der Waals surface area contributed by atoms with Gasteiger partial charge >= 0.3 is 0 Å². The molecule has 10 heteroatoms. The number of hydrogen-bond acceptors (Lipinski definition) is 6. The van der Waals surface area contributed by atoms with Crippen LogP contribution in [0.1, 0.15) is 25.3 Å². The lowest BCUT2D eigenvalue weighted by molar-refractivity contribution is -0.385. The summed E-state index contributed by atoms with van der Waals surface area (Å²) in [4.78, 5) is 10.2. The quantitative estimate of drug-likeness (QED) is 0.530. The van der Waals surface area contributed by atoms with Crippen LogP contribution in [-0.2, 0) is 15.4 Å². The van der Waals surface area contributed by atoms with Crippen molar-refractivity contribution in [3.63, 3.8) is 0 Å². The molecular weight excluding hydrogens is 341 g/mol. The molecule has 1 aromatic carbocycles. The number of aliphatic hydroxyl groups excluding tert-OH is 1. The van der Waals surface area contributed by atoms with Crippen LogP contribution < -0.4 is 5.32 Å². The first kappa shape index (κ1) is 16.8. The number of aliphatic hydroxyl groups is 1. The van der Waals surface area contributed by atoms with Crippen molar-refractivity contribution >= 4 is 21.4 Å². The van der Waals surface area contributed by atoms with Gasteiger partial charge in [0.1, 0.15) is 16.4 Å². The van der Waals surface area contributed by atoms with Crippen LogP contribution >= 0.6 is 0 Å². The van der Waals surface area contributed by atoms with Gasteiger partial charge in [0.2, 0.25) is 0 Å². The number of halogens is 1. The number of nitrogens with one attached hydrogen (secondary N) is 2. The van der Waals surface area contributed by atoms with Crippen molar-refractivity contribution < 1.29 is 22.8 Å². The number of sulfone groups is 1. The largest absolute Gasteiger partial charge is 0.393 e. The maximum Gasteiger partial charge on any atom is 0.269 e. The van der Waals surface area contributed by atoms with Gasteiger partial charge in [-0.1, -0.05) is 0 Å². The molecule has 24 heavy (non-hydrogen) atoms. The molecule has 0 aromatic heterocycles. The molecule has 1 aliphatic carbocycles. The minimum atomic E-state index is -3.86. The third-order valence-electron chi connectivity index (χ3n) is 4.82. The molecule has 0 bridgehead atoms. The standard InChI is InChI=1S/C14H16FN3O5S/c1-13(10-4-8(18(20)21)2-3-11(10)15)7-24(22,23)14(12(16)17-13)5-9(19)6-14/h2-4,9,19H,5-7H2,1H3,(H2,16,17)/t9?,13-,14?/m0/s1. The Bertz CT molecular complexity index is 850. The molecule has 3 rings (SSSR count). The Morgan fingerprint density at radius 1 is 1.46 bits per heavy atom. The highest BCUT2D eigenvalue weighted by atomic mass is 32.2. The van der Waals surface area contributed by atoms with Gasteiger partial charge in [-0.25, -0.2) is 12.8 Å². The summed E-state index contributed by atoms with van der Waals surface area (Å²) in [5.74, 6) is -1.62. The van der Waals surface area contributed by atoms with Crippen molar-refractivity contribution in [2.45, 2.75) is 36.2 Å². The summed E-state index contributed by atoms with van der Waals surface area (Å²) in [6.45, 7) is 1.39. The van der Waals surface area contributed by atoms with Crippen molar-refractivity contribution in [1.29, 1.82) is 5.41 Å². The summed E-state index contributed by atoms with van der Waals surface area (Å²) in [5, 5.41) is 31.2. The Morgan fingerprint density at radius 2 is 2.08 bits per heavy atom. The minimum absolute atomic E-state index is 0.0747. The summed E-state index contributed by atoms with van der Waals surface area (Å²) >= 11 is 0. The van der Waals surface area contributed by atoms with Gasteiger partial charge < -0.3 is 10.4 Å². The Kier molecular flexibility index (Phi) is 3.47. The predicted molar refractivity (Wildman–Crippen MR) is 83.0 cm³/mol. The molecule has 3 N–H and O–H groups in total. The van der Waals surface area contributed by atoms with Gasteiger partial charge in [-0.05, 0) is 13.0 Å². The van der Waals surface area contributed by atoms with Crippen LogP contribution in [0.5, 0.6) is 0 Å². The highest BCUT2D eigenvalue weighted by Crippen LogP contribution is 2.46. The first-order valence-corrected chi connectivity index (χ1v) is 8.88. The first-order valence-electron chi connectivity index (χ1n) is 7.23. The van der Waals surface area contributed by atoms with Gasteiger partial charge in [0, 0.05) is 30.5 Å². The molecular formula is C14H16FN3O5S. The molecule has 2 fully saturated rings. The van der Waals surface area contributed by atoms with Crippen LogP contribution in [0.4, 0.5) is 10.1 Å². The number of nitro benzene ring substituents is 1. The zero-order valence-corrected chi connectivity index (χ0v) is 13.6. The van der Waals surface area contributed by atoms with Crippen LogP contribution in [-0.4, -0.2) is 40.9 Å². The third-order valence-corrected chi connectivity index (χ3v) is 7.50. The zero-order valence-electron chi connectivity index (χ0n) is 12.7. The highest BCUT2D eigenvalue weighted by molar-refractivity contribution is 7.93. The molecule has 2 aliphatic rings. The molecule has 0 radical (unpaired) electrons.